The number of aryl methyl sites for hydroxylation is 1. The second-order valence-corrected chi connectivity index (χ2v) is 3.98. The Morgan fingerprint density at radius 2 is 2.29 bits per heavy atom. The molecule has 0 unspecified atom stereocenters. The predicted octanol–water partition coefficient (Wildman–Crippen LogP) is 1.76. The number of benzene rings is 1. The van der Waals surface area contributed by atoms with Crippen molar-refractivity contribution in [3.05, 3.63) is 29.3 Å². The first-order valence-corrected chi connectivity index (χ1v) is 5.19. The van der Waals surface area contributed by atoms with Gasteiger partial charge in [0.1, 0.15) is 5.75 Å². The third-order valence-electron chi connectivity index (χ3n) is 3.08. The molecule has 2 nitrogen and oxygen atoms in total. The summed E-state index contributed by atoms with van der Waals surface area (Å²) in [5, 5.41) is 0. The van der Waals surface area contributed by atoms with E-state index in [1.165, 1.54) is 17.5 Å². The van der Waals surface area contributed by atoms with Crippen molar-refractivity contribution >= 4 is 0 Å². The quantitative estimate of drug-likeness (QED) is 0.773. The van der Waals surface area contributed by atoms with Gasteiger partial charge in [0, 0.05) is 0 Å². The van der Waals surface area contributed by atoms with Crippen LogP contribution in [0.25, 0.3) is 0 Å². The fourth-order valence-corrected chi connectivity index (χ4v) is 2.14. The summed E-state index contributed by atoms with van der Waals surface area (Å²) in [5.41, 5.74) is 8.58. The number of fused-ring (bicyclic) bond motifs is 1. The maximum Gasteiger partial charge on any atom is 0.119 e. The number of ether oxygens (including phenoxy) is 1. The van der Waals surface area contributed by atoms with Gasteiger partial charge in [-0.05, 0) is 55.0 Å². The minimum Gasteiger partial charge on any atom is -0.497 e. The third kappa shape index (κ3) is 1.75. The fraction of sp³-hybridized carbons (Fsp3) is 0.500. The van der Waals surface area contributed by atoms with Gasteiger partial charge in [0.05, 0.1) is 7.11 Å². The van der Waals surface area contributed by atoms with Gasteiger partial charge in [0.25, 0.3) is 0 Å². The molecular formula is C12H17NO. The summed E-state index contributed by atoms with van der Waals surface area (Å²) in [7, 11) is 1.72. The first-order chi connectivity index (χ1) is 6.83. The Balaban J connectivity index is 2.23. The Morgan fingerprint density at radius 1 is 1.43 bits per heavy atom. The molecule has 0 heterocycles. The van der Waals surface area contributed by atoms with Gasteiger partial charge in [-0.1, -0.05) is 6.07 Å². The highest BCUT2D eigenvalue weighted by molar-refractivity contribution is 5.37. The Hall–Kier alpha value is -1.02. The second kappa shape index (κ2) is 4.01. The third-order valence-corrected chi connectivity index (χ3v) is 3.08. The highest BCUT2D eigenvalue weighted by Gasteiger charge is 2.17. The lowest BCUT2D eigenvalue weighted by molar-refractivity contribution is 0.411. The van der Waals surface area contributed by atoms with Gasteiger partial charge in [0.2, 0.25) is 0 Å². The molecule has 0 bridgehead atoms. The molecule has 0 aromatic heterocycles. The molecule has 0 amide bonds. The van der Waals surface area contributed by atoms with Crippen LogP contribution in [0, 0.1) is 5.92 Å². The van der Waals surface area contributed by atoms with E-state index >= 15 is 0 Å². The second-order valence-electron chi connectivity index (χ2n) is 3.98. The van der Waals surface area contributed by atoms with E-state index < -0.39 is 0 Å². The summed E-state index contributed by atoms with van der Waals surface area (Å²) in [4.78, 5) is 0. The van der Waals surface area contributed by atoms with E-state index in [1.54, 1.807) is 7.11 Å². The van der Waals surface area contributed by atoms with Crippen molar-refractivity contribution in [1.82, 2.24) is 0 Å². The van der Waals surface area contributed by atoms with Gasteiger partial charge in [-0.15, -0.1) is 0 Å². The van der Waals surface area contributed by atoms with E-state index in [1.807, 2.05) is 6.07 Å². The van der Waals surface area contributed by atoms with Gasteiger partial charge in [-0.3, -0.25) is 0 Å². The molecule has 1 aliphatic rings. The summed E-state index contributed by atoms with van der Waals surface area (Å²) in [6, 6.07) is 6.37. The largest absolute Gasteiger partial charge is 0.497 e. The lowest BCUT2D eigenvalue weighted by atomic mass is 9.84. The minimum absolute atomic E-state index is 0.677. The molecule has 1 aromatic rings. The van der Waals surface area contributed by atoms with Crippen LogP contribution in [0.1, 0.15) is 17.5 Å². The molecule has 1 aromatic carbocycles. The predicted molar refractivity (Wildman–Crippen MR) is 57.6 cm³/mol. The number of hydrogen-bond donors (Lipinski definition) is 1. The van der Waals surface area contributed by atoms with Crippen LogP contribution in [-0.2, 0) is 12.8 Å². The van der Waals surface area contributed by atoms with Gasteiger partial charge in [0.15, 0.2) is 0 Å². The van der Waals surface area contributed by atoms with Gasteiger partial charge < -0.3 is 10.5 Å². The average molecular weight is 191 g/mol. The topological polar surface area (TPSA) is 35.2 Å². The number of nitrogens with two attached hydrogens (primary N) is 1. The highest BCUT2D eigenvalue weighted by atomic mass is 16.5. The molecule has 0 saturated heterocycles. The summed E-state index contributed by atoms with van der Waals surface area (Å²) >= 11 is 0. The Labute approximate surface area is 85.1 Å². The maximum atomic E-state index is 5.69. The summed E-state index contributed by atoms with van der Waals surface area (Å²) in [6.45, 7) is 0.811. The molecule has 0 fully saturated rings. The van der Waals surface area contributed by atoms with Crippen LogP contribution in [-0.4, -0.2) is 13.7 Å². The van der Waals surface area contributed by atoms with Crippen molar-refractivity contribution in [2.75, 3.05) is 13.7 Å². The maximum absolute atomic E-state index is 5.69. The van der Waals surface area contributed by atoms with Crippen molar-refractivity contribution in [2.45, 2.75) is 19.3 Å². The van der Waals surface area contributed by atoms with Crippen LogP contribution in [0.3, 0.4) is 0 Å². The molecule has 0 aliphatic heterocycles. The highest BCUT2D eigenvalue weighted by Crippen LogP contribution is 2.27. The monoisotopic (exact) mass is 191 g/mol. The van der Waals surface area contributed by atoms with E-state index in [0.29, 0.717) is 5.92 Å². The van der Waals surface area contributed by atoms with Crippen molar-refractivity contribution < 1.29 is 4.74 Å². The fourth-order valence-electron chi connectivity index (χ4n) is 2.14. The van der Waals surface area contributed by atoms with Gasteiger partial charge in [-0.2, -0.15) is 0 Å². The van der Waals surface area contributed by atoms with E-state index in [-0.39, 0.29) is 0 Å². The van der Waals surface area contributed by atoms with Crippen LogP contribution in [0.4, 0.5) is 0 Å². The van der Waals surface area contributed by atoms with E-state index in [0.717, 1.165) is 25.1 Å². The molecule has 0 spiro atoms. The van der Waals surface area contributed by atoms with Crippen LogP contribution in [0.2, 0.25) is 0 Å². The molecular weight excluding hydrogens is 174 g/mol. The van der Waals surface area contributed by atoms with E-state index in [4.69, 9.17) is 10.5 Å². The molecule has 2 rings (SSSR count). The van der Waals surface area contributed by atoms with Crippen LogP contribution in [0.5, 0.6) is 5.75 Å². The number of methoxy groups -OCH3 is 1. The Morgan fingerprint density at radius 3 is 3.00 bits per heavy atom. The molecule has 0 saturated carbocycles. The normalized spacial score (nSPS) is 20.3. The molecule has 0 radical (unpaired) electrons. The number of hydrogen-bond acceptors (Lipinski definition) is 2. The molecule has 14 heavy (non-hydrogen) atoms. The van der Waals surface area contributed by atoms with Crippen LogP contribution < -0.4 is 10.5 Å². The number of rotatable bonds is 2. The summed E-state index contributed by atoms with van der Waals surface area (Å²) < 4.78 is 5.21. The van der Waals surface area contributed by atoms with Crippen molar-refractivity contribution in [3.8, 4) is 5.75 Å². The molecule has 76 valence electrons. The molecule has 1 aliphatic carbocycles. The minimum atomic E-state index is 0.677. The van der Waals surface area contributed by atoms with Crippen LogP contribution in [0.15, 0.2) is 18.2 Å². The van der Waals surface area contributed by atoms with Gasteiger partial charge >= 0.3 is 0 Å². The summed E-state index contributed by atoms with van der Waals surface area (Å²) in [6.07, 6.45) is 3.50. The van der Waals surface area contributed by atoms with Crippen molar-refractivity contribution in [2.24, 2.45) is 11.7 Å². The molecule has 2 N–H and O–H groups in total. The van der Waals surface area contributed by atoms with Crippen LogP contribution >= 0.6 is 0 Å². The van der Waals surface area contributed by atoms with E-state index in [9.17, 15) is 0 Å². The van der Waals surface area contributed by atoms with E-state index in [2.05, 4.69) is 12.1 Å². The zero-order valence-corrected chi connectivity index (χ0v) is 8.62. The molecule has 1 atom stereocenters. The lowest BCUT2D eigenvalue weighted by Gasteiger charge is -2.23. The Kier molecular flexibility index (Phi) is 2.73. The zero-order valence-electron chi connectivity index (χ0n) is 8.62. The average Bonchev–Trinajstić information content (AvgIpc) is 2.27. The Bertz CT molecular complexity index is 322. The van der Waals surface area contributed by atoms with Crippen molar-refractivity contribution in [3.63, 3.8) is 0 Å². The van der Waals surface area contributed by atoms with Gasteiger partial charge in [-0.25, -0.2) is 0 Å². The first kappa shape index (κ1) is 9.53. The lowest BCUT2D eigenvalue weighted by Crippen LogP contribution is -2.22. The van der Waals surface area contributed by atoms with Crippen molar-refractivity contribution in [1.29, 1.82) is 0 Å². The molecule has 2 heteroatoms. The smallest absolute Gasteiger partial charge is 0.119 e. The standard InChI is InChI=1S/C12H17NO/c1-14-12-5-4-10-6-9(8-13)2-3-11(10)7-12/h4-5,7,9H,2-3,6,8,13H2,1H3/t9-/m0/s1. The summed E-state index contributed by atoms with van der Waals surface area (Å²) in [5.74, 6) is 1.64. The first-order valence-electron chi connectivity index (χ1n) is 5.19. The SMILES string of the molecule is COc1ccc2c(c1)CC[C@H](CN)C2. The zero-order chi connectivity index (χ0) is 9.97.